The predicted molar refractivity (Wildman–Crippen MR) is 123 cm³/mol. The van der Waals surface area contributed by atoms with Gasteiger partial charge in [-0.25, -0.2) is 4.79 Å². The Labute approximate surface area is 200 Å². The molecule has 1 saturated heterocycles. The van der Waals surface area contributed by atoms with E-state index in [-0.39, 0.29) is 23.7 Å². The van der Waals surface area contributed by atoms with E-state index in [9.17, 15) is 19.5 Å². The van der Waals surface area contributed by atoms with Crippen molar-refractivity contribution in [1.29, 1.82) is 0 Å². The standard InChI is InChI=1S/C26H34N2O6/c1-24-11-8-17(27-33-15-23(31)34-28-21(29)6-7-22(28)30)14-16(24)4-5-18-19(24)9-12-25(2)20(18)10-13-26(25,3)32/h8,11,14,18-20,32H,4-7,9-10,12-13,15H2,1-3H3. The van der Waals surface area contributed by atoms with E-state index >= 15 is 0 Å². The Morgan fingerprint density at radius 2 is 1.79 bits per heavy atom. The number of oxime groups is 1. The van der Waals surface area contributed by atoms with Crippen molar-refractivity contribution in [2.45, 2.75) is 77.7 Å². The van der Waals surface area contributed by atoms with Crippen molar-refractivity contribution in [1.82, 2.24) is 5.06 Å². The van der Waals surface area contributed by atoms with Gasteiger partial charge in [-0.15, -0.1) is 5.06 Å². The van der Waals surface area contributed by atoms with Crippen LogP contribution < -0.4 is 0 Å². The minimum absolute atomic E-state index is 0.00346. The van der Waals surface area contributed by atoms with Gasteiger partial charge in [0.25, 0.3) is 11.8 Å². The first kappa shape index (κ1) is 23.3. The number of amides is 2. The van der Waals surface area contributed by atoms with Gasteiger partial charge in [0.1, 0.15) is 5.71 Å². The summed E-state index contributed by atoms with van der Waals surface area (Å²) in [4.78, 5) is 45.0. The molecule has 0 aromatic rings. The van der Waals surface area contributed by atoms with Gasteiger partial charge in [0.15, 0.2) is 0 Å². The fourth-order valence-electron chi connectivity index (χ4n) is 7.45. The summed E-state index contributed by atoms with van der Waals surface area (Å²) in [6.45, 7) is 6.16. The number of allylic oxidation sites excluding steroid dienone is 4. The number of imide groups is 1. The molecule has 0 radical (unpaired) electrons. The summed E-state index contributed by atoms with van der Waals surface area (Å²) in [5, 5.41) is 15.7. The highest BCUT2D eigenvalue weighted by molar-refractivity contribution is 6.05. The Balaban J connectivity index is 1.23. The summed E-state index contributed by atoms with van der Waals surface area (Å²) in [5.74, 6) is -0.175. The van der Waals surface area contributed by atoms with Gasteiger partial charge < -0.3 is 14.8 Å². The molecule has 5 aliphatic rings. The van der Waals surface area contributed by atoms with Gasteiger partial charge >= 0.3 is 5.97 Å². The van der Waals surface area contributed by atoms with Crippen LogP contribution in [0, 0.1) is 28.6 Å². The maximum absolute atomic E-state index is 11.9. The lowest BCUT2D eigenvalue weighted by molar-refractivity contribution is -0.200. The lowest BCUT2D eigenvalue weighted by atomic mass is 9.47. The van der Waals surface area contributed by atoms with Gasteiger partial charge in [-0.2, -0.15) is 0 Å². The van der Waals surface area contributed by atoms with Crippen molar-refractivity contribution in [3.63, 3.8) is 0 Å². The fourth-order valence-corrected chi connectivity index (χ4v) is 7.45. The van der Waals surface area contributed by atoms with Crippen LogP contribution in [0.4, 0.5) is 0 Å². The highest BCUT2D eigenvalue weighted by atomic mass is 16.7. The van der Waals surface area contributed by atoms with Crippen LogP contribution in [0.25, 0.3) is 0 Å². The van der Waals surface area contributed by atoms with Crippen LogP contribution in [0.3, 0.4) is 0 Å². The molecule has 2 amide bonds. The SMILES string of the molecule is CC12C=CC(=NOCC(=O)ON3C(=O)CCC3=O)C=C1CCC1C2CCC2(C)C1CCC2(C)O. The largest absolute Gasteiger partial charge is 0.390 e. The highest BCUT2D eigenvalue weighted by Gasteiger charge is 2.62. The molecule has 0 aromatic carbocycles. The number of nitrogens with zero attached hydrogens (tertiary/aromatic N) is 2. The third-order valence-corrected chi connectivity index (χ3v) is 9.68. The monoisotopic (exact) mass is 470 g/mol. The second-order valence-corrected chi connectivity index (χ2v) is 11.3. The molecule has 0 aromatic heterocycles. The van der Waals surface area contributed by atoms with Gasteiger partial charge in [-0.05, 0) is 80.8 Å². The van der Waals surface area contributed by atoms with Crippen molar-refractivity contribution in [2.75, 3.05) is 6.61 Å². The molecule has 3 saturated carbocycles. The van der Waals surface area contributed by atoms with E-state index in [2.05, 4.69) is 31.2 Å². The Hall–Kier alpha value is -2.48. The van der Waals surface area contributed by atoms with E-state index in [0.717, 1.165) is 38.5 Å². The summed E-state index contributed by atoms with van der Waals surface area (Å²) >= 11 is 0. The molecule has 8 heteroatoms. The Morgan fingerprint density at radius 1 is 1.09 bits per heavy atom. The summed E-state index contributed by atoms with van der Waals surface area (Å²) < 4.78 is 0. The Kier molecular flexibility index (Phi) is 5.50. The maximum atomic E-state index is 11.9. The smallest absolute Gasteiger partial charge is 0.373 e. The van der Waals surface area contributed by atoms with Gasteiger partial charge in [0.2, 0.25) is 6.61 Å². The third-order valence-electron chi connectivity index (χ3n) is 9.68. The fraction of sp³-hybridized carbons (Fsp3) is 0.692. The zero-order valence-electron chi connectivity index (χ0n) is 20.2. The van der Waals surface area contributed by atoms with Gasteiger partial charge in [-0.3, -0.25) is 9.59 Å². The van der Waals surface area contributed by atoms with Gasteiger partial charge in [0, 0.05) is 18.3 Å². The number of hydroxylamine groups is 2. The van der Waals surface area contributed by atoms with Gasteiger partial charge in [0.05, 0.1) is 5.60 Å². The molecule has 5 rings (SSSR count). The van der Waals surface area contributed by atoms with E-state index in [0.29, 0.717) is 28.5 Å². The normalized spacial score (nSPS) is 42.2. The molecule has 184 valence electrons. The second kappa shape index (κ2) is 8.04. The van der Waals surface area contributed by atoms with E-state index in [1.54, 1.807) is 0 Å². The van der Waals surface area contributed by atoms with Crippen LogP contribution in [0.1, 0.15) is 72.1 Å². The molecule has 1 heterocycles. The van der Waals surface area contributed by atoms with Crippen LogP contribution >= 0.6 is 0 Å². The van der Waals surface area contributed by atoms with Crippen molar-refractivity contribution < 1.29 is 29.2 Å². The van der Waals surface area contributed by atoms with Crippen LogP contribution in [0.15, 0.2) is 29.0 Å². The van der Waals surface area contributed by atoms with Crippen molar-refractivity contribution in [2.24, 2.45) is 33.7 Å². The van der Waals surface area contributed by atoms with Gasteiger partial charge in [-0.1, -0.05) is 30.7 Å². The first-order valence-electron chi connectivity index (χ1n) is 12.4. The molecule has 6 unspecified atom stereocenters. The lowest BCUT2D eigenvalue weighted by Crippen LogP contribution is -2.53. The van der Waals surface area contributed by atoms with Crippen LogP contribution in [0.2, 0.25) is 0 Å². The molecule has 8 nitrogen and oxygen atoms in total. The number of carbonyl (C=O) groups is 3. The molecular formula is C26H34N2O6. The van der Waals surface area contributed by atoms with E-state index < -0.39 is 30.0 Å². The van der Waals surface area contributed by atoms with Crippen molar-refractivity contribution in [3.05, 3.63) is 23.8 Å². The third kappa shape index (κ3) is 3.53. The van der Waals surface area contributed by atoms with Crippen LogP contribution in [0.5, 0.6) is 0 Å². The van der Waals surface area contributed by atoms with E-state index in [4.69, 9.17) is 9.68 Å². The van der Waals surface area contributed by atoms with Crippen LogP contribution in [-0.4, -0.2) is 45.9 Å². The Morgan fingerprint density at radius 3 is 2.53 bits per heavy atom. The molecule has 34 heavy (non-hydrogen) atoms. The highest BCUT2D eigenvalue weighted by Crippen LogP contribution is 2.66. The molecule has 4 fully saturated rings. The molecule has 0 spiro atoms. The molecular weight excluding hydrogens is 436 g/mol. The molecule has 1 aliphatic heterocycles. The molecule has 6 atom stereocenters. The quantitative estimate of drug-likeness (QED) is 0.498. The van der Waals surface area contributed by atoms with Crippen LogP contribution in [-0.2, 0) is 24.1 Å². The number of carbonyl (C=O) groups excluding carboxylic acids is 3. The first-order valence-corrected chi connectivity index (χ1v) is 12.4. The van der Waals surface area contributed by atoms with E-state index in [1.807, 2.05) is 13.0 Å². The minimum Gasteiger partial charge on any atom is -0.390 e. The summed E-state index contributed by atoms with van der Waals surface area (Å²) in [7, 11) is 0. The summed E-state index contributed by atoms with van der Waals surface area (Å²) in [6, 6.07) is 0. The number of hydrogen-bond donors (Lipinski definition) is 1. The average Bonchev–Trinajstić information content (AvgIpc) is 3.23. The van der Waals surface area contributed by atoms with E-state index in [1.165, 1.54) is 5.57 Å². The summed E-state index contributed by atoms with van der Waals surface area (Å²) in [6.07, 6.45) is 12.6. The number of aliphatic hydroxyl groups is 1. The maximum Gasteiger partial charge on any atom is 0.373 e. The van der Waals surface area contributed by atoms with Crippen molar-refractivity contribution >= 4 is 23.5 Å². The number of fused-ring (bicyclic) bond motifs is 5. The summed E-state index contributed by atoms with van der Waals surface area (Å²) in [5.41, 5.74) is 1.37. The second-order valence-electron chi connectivity index (χ2n) is 11.3. The van der Waals surface area contributed by atoms with Crippen molar-refractivity contribution in [3.8, 4) is 0 Å². The first-order chi connectivity index (χ1) is 16.0. The topological polar surface area (TPSA) is 106 Å². The predicted octanol–water partition coefficient (Wildman–Crippen LogP) is 3.46. The Bertz CT molecular complexity index is 997. The zero-order chi connectivity index (χ0) is 24.3. The average molecular weight is 471 g/mol. The minimum atomic E-state index is -0.844. The zero-order valence-corrected chi connectivity index (χ0v) is 20.2. The molecule has 1 N–H and O–H groups in total. The lowest BCUT2D eigenvalue weighted by Gasteiger charge is -2.58. The number of rotatable bonds is 4. The number of hydrogen-bond acceptors (Lipinski definition) is 7. The molecule has 0 bridgehead atoms. The molecule has 4 aliphatic carbocycles.